The first-order valence-electron chi connectivity index (χ1n) is 11.7. The molecular formula is C25H26ClFN6O5. The number of hydrogen-bond donors (Lipinski definition) is 3. The smallest absolute Gasteiger partial charge is 0.491 e. The summed E-state index contributed by atoms with van der Waals surface area (Å²) in [6.45, 7) is 4.30. The van der Waals surface area contributed by atoms with Gasteiger partial charge in [0.1, 0.15) is 22.3 Å². The Morgan fingerprint density at radius 1 is 1.21 bits per heavy atom. The van der Waals surface area contributed by atoms with Crippen LogP contribution < -0.4 is 25.8 Å². The van der Waals surface area contributed by atoms with Crippen molar-refractivity contribution in [3.05, 3.63) is 59.0 Å². The molecule has 1 amide bonds. The summed E-state index contributed by atoms with van der Waals surface area (Å²) in [5.74, 6) is -0.414. The van der Waals surface area contributed by atoms with Crippen LogP contribution in [-0.4, -0.2) is 48.3 Å². The number of aromatic nitrogens is 2. The summed E-state index contributed by atoms with van der Waals surface area (Å²) in [6, 6.07) is 9.27. The predicted molar refractivity (Wildman–Crippen MR) is 140 cm³/mol. The lowest BCUT2D eigenvalue weighted by atomic mass is 10.1. The van der Waals surface area contributed by atoms with Crippen LogP contribution in [0.4, 0.5) is 38.0 Å². The number of rotatable bonds is 7. The number of benzene rings is 2. The molecule has 38 heavy (non-hydrogen) atoms. The summed E-state index contributed by atoms with van der Waals surface area (Å²) in [4.78, 5) is 38.1. The van der Waals surface area contributed by atoms with Gasteiger partial charge < -0.3 is 30.3 Å². The number of ether oxygens (including phenoxy) is 2. The van der Waals surface area contributed by atoms with E-state index in [4.69, 9.17) is 25.9 Å². The molecule has 13 heteroatoms. The molecule has 0 bridgehead atoms. The van der Waals surface area contributed by atoms with Gasteiger partial charge in [-0.3, -0.25) is 4.79 Å². The number of carbonyl (C=O) groups excluding carboxylic acids is 2. The average molecular weight is 545 g/mol. The van der Waals surface area contributed by atoms with Crippen molar-refractivity contribution in [2.45, 2.75) is 26.4 Å². The number of halogens is 2. The zero-order chi connectivity index (χ0) is 27.2. The molecule has 200 valence electrons. The molecule has 1 aromatic heterocycles. The van der Waals surface area contributed by atoms with Crippen LogP contribution >= 0.6 is 11.6 Å². The van der Waals surface area contributed by atoms with Crippen LogP contribution in [-0.2, 0) is 9.57 Å². The maximum Gasteiger partial charge on any atom is 0.533 e. The van der Waals surface area contributed by atoms with E-state index in [9.17, 15) is 14.0 Å². The first-order valence-corrected chi connectivity index (χ1v) is 12.1. The van der Waals surface area contributed by atoms with Crippen molar-refractivity contribution in [1.82, 2.24) is 15.3 Å². The van der Waals surface area contributed by atoms with Crippen LogP contribution in [0.2, 0.25) is 5.02 Å². The Bertz CT molecular complexity index is 1340. The molecule has 2 heterocycles. The van der Waals surface area contributed by atoms with Gasteiger partial charge in [0.25, 0.3) is 5.91 Å². The van der Waals surface area contributed by atoms with Gasteiger partial charge in [-0.25, -0.2) is 14.2 Å². The highest BCUT2D eigenvalue weighted by molar-refractivity contribution is 6.33. The molecular weight excluding hydrogens is 519 g/mol. The van der Waals surface area contributed by atoms with Crippen LogP contribution in [0.5, 0.6) is 5.75 Å². The van der Waals surface area contributed by atoms with E-state index in [0.717, 1.165) is 0 Å². The Hall–Kier alpha value is -4.32. The Kier molecular flexibility index (Phi) is 8.31. The number of para-hydroxylation sites is 1. The monoisotopic (exact) mass is 544 g/mol. The largest absolute Gasteiger partial charge is 0.533 e. The fraction of sp³-hybridized carbons (Fsp3) is 0.280. The van der Waals surface area contributed by atoms with Crippen LogP contribution in [0, 0.1) is 5.82 Å². The number of carbonyl (C=O) groups is 2. The second kappa shape index (κ2) is 11.8. The lowest BCUT2D eigenvalue weighted by Crippen LogP contribution is -2.29. The number of nitrogens with zero attached hydrogens (tertiary/aromatic N) is 3. The van der Waals surface area contributed by atoms with E-state index in [1.54, 1.807) is 32.0 Å². The normalized spacial score (nSPS) is 12.6. The Balaban J connectivity index is 1.56. The summed E-state index contributed by atoms with van der Waals surface area (Å²) >= 11 is 6.25. The lowest BCUT2D eigenvalue weighted by Gasteiger charge is -2.22. The number of amides is 1. The number of hydrogen-bond acceptors (Lipinski definition) is 10. The zero-order valence-corrected chi connectivity index (χ0v) is 21.6. The van der Waals surface area contributed by atoms with Crippen molar-refractivity contribution in [1.29, 1.82) is 0 Å². The minimum absolute atomic E-state index is 0.0760. The summed E-state index contributed by atoms with van der Waals surface area (Å²) in [7, 11) is 1.45. The van der Waals surface area contributed by atoms with Gasteiger partial charge in [0.15, 0.2) is 5.82 Å². The average Bonchev–Trinajstić information content (AvgIpc) is 3.07. The Morgan fingerprint density at radius 3 is 2.79 bits per heavy atom. The third kappa shape index (κ3) is 6.32. The van der Waals surface area contributed by atoms with Crippen molar-refractivity contribution < 1.29 is 28.3 Å². The quantitative estimate of drug-likeness (QED) is 0.342. The van der Waals surface area contributed by atoms with Gasteiger partial charge >= 0.3 is 6.16 Å². The van der Waals surface area contributed by atoms with E-state index in [0.29, 0.717) is 36.7 Å². The van der Waals surface area contributed by atoms with Crippen molar-refractivity contribution >= 4 is 52.5 Å². The second-order valence-electron chi connectivity index (χ2n) is 8.38. The van der Waals surface area contributed by atoms with Gasteiger partial charge in [0, 0.05) is 25.2 Å². The third-order valence-electron chi connectivity index (χ3n) is 5.24. The second-order valence-corrected chi connectivity index (χ2v) is 8.78. The number of fused-ring (bicyclic) bond motifs is 1. The zero-order valence-electron chi connectivity index (χ0n) is 20.9. The van der Waals surface area contributed by atoms with Gasteiger partial charge in [0.05, 0.1) is 36.7 Å². The first-order chi connectivity index (χ1) is 18.2. The molecule has 0 unspecified atom stereocenters. The SMILES string of the molecule is CNC(=O)c1cccc(F)c1Nc1nc(Nc2ccc3c(c2)OCCCN3OC(=O)OC(C)C)ncc1Cl. The van der Waals surface area contributed by atoms with Gasteiger partial charge in [-0.1, -0.05) is 17.7 Å². The summed E-state index contributed by atoms with van der Waals surface area (Å²) < 4.78 is 25.5. The standard InChI is InChI=1S/C25H26ClFN6O5/c1-14(2)37-25(35)38-33-10-5-11-36-20-12-15(8-9-19(20)33)30-24-29-13-17(26)22(32-24)31-21-16(23(34)28-3)6-4-7-18(21)27/h4,6-9,12-14H,5,10-11H2,1-3H3,(H,28,34)(H2,29,30,31,32). The highest BCUT2D eigenvalue weighted by atomic mass is 35.5. The van der Waals surface area contributed by atoms with E-state index in [1.165, 1.54) is 36.5 Å². The van der Waals surface area contributed by atoms with Crippen molar-refractivity contribution in [2.75, 3.05) is 35.9 Å². The van der Waals surface area contributed by atoms with E-state index < -0.39 is 17.9 Å². The molecule has 0 aliphatic carbocycles. The molecule has 0 fully saturated rings. The summed E-state index contributed by atoms with van der Waals surface area (Å²) in [6.07, 6.45) is 0.842. The van der Waals surface area contributed by atoms with E-state index >= 15 is 0 Å². The van der Waals surface area contributed by atoms with Gasteiger partial charge in [-0.15, -0.1) is 0 Å². The first kappa shape index (κ1) is 26.7. The molecule has 11 nitrogen and oxygen atoms in total. The Labute approximate surface area is 223 Å². The maximum absolute atomic E-state index is 14.6. The molecule has 1 aliphatic heterocycles. The molecule has 2 aromatic carbocycles. The van der Waals surface area contributed by atoms with E-state index in [2.05, 4.69) is 25.9 Å². The number of nitrogens with one attached hydrogen (secondary N) is 3. The fourth-order valence-corrected chi connectivity index (χ4v) is 3.70. The third-order valence-corrected chi connectivity index (χ3v) is 5.51. The molecule has 0 radical (unpaired) electrons. The van der Waals surface area contributed by atoms with E-state index in [1.807, 2.05) is 0 Å². The predicted octanol–water partition coefficient (Wildman–Crippen LogP) is 5.18. The minimum atomic E-state index is -0.806. The molecule has 3 N–H and O–H groups in total. The van der Waals surface area contributed by atoms with Crippen molar-refractivity contribution in [3.8, 4) is 5.75 Å². The van der Waals surface area contributed by atoms with Crippen molar-refractivity contribution in [3.63, 3.8) is 0 Å². The maximum atomic E-state index is 14.6. The molecule has 0 spiro atoms. The number of anilines is 5. The minimum Gasteiger partial charge on any atom is -0.491 e. The molecule has 0 atom stereocenters. The molecule has 4 rings (SSSR count). The highest BCUT2D eigenvalue weighted by Crippen LogP contribution is 2.35. The fourth-order valence-electron chi connectivity index (χ4n) is 3.56. The topological polar surface area (TPSA) is 127 Å². The Morgan fingerprint density at radius 2 is 2.03 bits per heavy atom. The summed E-state index contributed by atoms with van der Waals surface area (Å²) in [5.41, 5.74) is 1.13. The molecule has 0 saturated heterocycles. The number of hydroxylamine groups is 1. The molecule has 0 saturated carbocycles. The molecule has 1 aliphatic rings. The summed E-state index contributed by atoms with van der Waals surface area (Å²) in [5, 5.41) is 9.86. The van der Waals surface area contributed by atoms with Gasteiger partial charge in [0.2, 0.25) is 5.95 Å². The van der Waals surface area contributed by atoms with Gasteiger partial charge in [-0.2, -0.15) is 10.0 Å². The van der Waals surface area contributed by atoms with Crippen molar-refractivity contribution in [2.24, 2.45) is 0 Å². The van der Waals surface area contributed by atoms with Crippen LogP contribution in [0.1, 0.15) is 30.6 Å². The van der Waals surface area contributed by atoms with Crippen LogP contribution in [0.15, 0.2) is 42.6 Å². The van der Waals surface area contributed by atoms with Gasteiger partial charge in [-0.05, 0) is 38.1 Å². The molecule has 3 aromatic rings. The van der Waals surface area contributed by atoms with Crippen LogP contribution in [0.25, 0.3) is 0 Å². The van der Waals surface area contributed by atoms with Crippen LogP contribution in [0.3, 0.4) is 0 Å². The lowest BCUT2D eigenvalue weighted by molar-refractivity contribution is 0.0269. The van der Waals surface area contributed by atoms with E-state index in [-0.39, 0.29) is 34.1 Å². The highest BCUT2D eigenvalue weighted by Gasteiger charge is 2.22.